The van der Waals surface area contributed by atoms with Crippen LogP contribution in [0, 0.1) is 5.41 Å². The molecule has 3 heterocycles. The van der Waals surface area contributed by atoms with Gasteiger partial charge in [-0.1, -0.05) is 0 Å². The molecule has 1 atom stereocenters. The number of hydrogen-bond donors (Lipinski definition) is 0. The zero-order valence-corrected chi connectivity index (χ0v) is 13.1. The molecule has 3 rings (SSSR count). The number of carbonyl (C=O) groups is 1. The highest BCUT2D eigenvalue weighted by atomic mass is 16.2. The minimum absolute atomic E-state index is 0.116. The van der Waals surface area contributed by atoms with E-state index in [0.29, 0.717) is 11.9 Å². The predicted molar refractivity (Wildman–Crippen MR) is 82.6 cm³/mol. The van der Waals surface area contributed by atoms with Gasteiger partial charge in [-0.05, 0) is 57.4 Å². The largest absolute Gasteiger partial charge is 0.338 e. The van der Waals surface area contributed by atoms with Gasteiger partial charge in [0.1, 0.15) is 0 Å². The first-order valence-electron chi connectivity index (χ1n) is 8.03. The number of pyridine rings is 1. The summed E-state index contributed by atoms with van der Waals surface area (Å²) in [6, 6.07) is 4.53. The standard InChI is InChI=1S/C17H25N3O/c1-14(2)20-10-3-6-17(13-20)7-11-19(16(17)21)12-15-4-8-18-9-5-15/h4-5,8-9,14H,3,6-7,10-13H2,1-2H3/t17-/m0/s1. The van der Waals surface area contributed by atoms with Gasteiger partial charge in [-0.3, -0.25) is 14.7 Å². The fraction of sp³-hybridized carbons (Fsp3) is 0.647. The Bertz CT molecular complexity index is 502. The molecule has 2 fully saturated rings. The van der Waals surface area contributed by atoms with Crippen LogP contribution in [0.3, 0.4) is 0 Å². The van der Waals surface area contributed by atoms with Gasteiger partial charge in [-0.25, -0.2) is 0 Å². The molecule has 0 saturated carbocycles. The molecule has 4 heteroatoms. The topological polar surface area (TPSA) is 36.4 Å². The monoisotopic (exact) mass is 287 g/mol. The van der Waals surface area contributed by atoms with Gasteiger partial charge in [0, 0.05) is 38.1 Å². The number of aromatic nitrogens is 1. The van der Waals surface area contributed by atoms with Crippen LogP contribution >= 0.6 is 0 Å². The second kappa shape index (κ2) is 5.76. The molecule has 2 saturated heterocycles. The van der Waals surface area contributed by atoms with Gasteiger partial charge in [0.25, 0.3) is 0 Å². The van der Waals surface area contributed by atoms with Crippen LogP contribution in [0.15, 0.2) is 24.5 Å². The van der Waals surface area contributed by atoms with Crippen molar-refractivity contribution in [2.45, 2.75) is 45.7 Å². The van der Waals surface area contributed by atoms with Crippen molar-refractivity contribution in [3.8, 4) is 0 Å². The van der Waals surface area contributed by atoms with Crippen LogP contribution in [-0.2, 0) is 11.3 Å². The molecule has 2 aliphatic heterocycles. The minimum Gasteiger partial charge on any atom is -0.338 e. The van der Waals surface area contributed by atoms with Crippen molar-refractivity contribution in [1.29, 1.82) is 0 Å². The van der Waals surface area contributed by atoms with E-state index >= 15 is 0 Å². The van der Waals surface area contributed by atoms with Gasteiger partial charge < -0.3 is 4.90 Å². The molecular weight excluding hydrogens is 262 g/mol. The van der Waals surface area contributed by atoms with E-state index in [4.69, 9.17) is 0 Å². The first kappa shape index (κ1) is 14.5. The van der Waals surface area contributed by atoms with E-state index in [0.717, 1.165) is 45.4 Å². The lowest BCUT2D eigenvalue weighted by molar-refractivity contribution is -0.139. The molecule has 4 nitrogen and oxygen atoms in total. The highest BCUT2D eigenvalue weighted by molar-refractivity contribution is 5.85. The number of amides is 1. The fourth-order valence-electron chi connectivity index (χ4n) is 3.74. The lowest BCUT2D eigenvalue weighted by Gasteiger charge is -2.41. The Kier molecular flexibility index (Phi) is 3.98. The Morgan fingerprint density at radius 3 is 2.71 bits per heavy atom. The first-order chi connectivity index (χ1) is 10.1. The minimum atomic E-state index is -0.116. The molecular formula is C17H25N3O. The van der Waals surface area contributed by atoms with Crippen molar-refractivity contribution in [2.75, 3.05) is 19.6 Å². The Labute approximate surface area is 127 Å². The van der Waals surface area contributed by atoms with E-state index in [1.54, 1.807) is 12.4 Å². The molecule has 21 heavy (non-hydrogen) atoms. The Hall–Kier alpha value is -1.42. The highest BCUT2D eigenvalue weighted by Crippen LogP contribution is 2.41. The van der Waals surface area contributed by atoms with Crippen molar-refractivity contribution in [3.63, 3.8) is 0 Å². The number of rotatable bonds is 3. The second-order valence-corrected chi connectivity index (χ2v) is 6.78. The van der Waals surface area contributed by atoms with Crippen LogP contribution in [-0.4, -0.2) is 46.4 Å². The van der Waals surface area contributed by atoms with E-state index in [-0.39, 0.29) is 5.41 Å². The Morgan fingerprint density at radius 2 is 2.00 bits per heavy atom. The zero-order valence-electron chi connectivity index (χ0n) is 13.1. The van der Waals surface area contributed by atoms with Crippen LogP contribution in [0.1, 0.15) is 38.7 Å². The molecule has 1 spiro atoms. The fourth-order valence-corrected chi connectivity index (χ4v) is 3.74. The molecule has 1 aromatic heterocycles. The molecule has 114 valence electrons. The second-order valence-electron chi connectivity index (χ2n) is 6.78. The van der Waals surface area contributed by atoms with Crippen molar-refractivity contribution in [1.82, 2.24) is 14.8 Å². The summed E-state index contributed by atoms with van der Waals surface area (Å²) in [6.07, 6.45) is 6.81. The van der Waals surface area contributed by atoms with Gasteiger partial charge in [0.2, 0.25) is 5.91 Å². The SMILES string of the molecule is CC(C)N1CCC[C@]2(CCN(Cc3ccncc3)C2=O)C1. The van der Waals surface area contributed by atoms with Gasteiger partial charge in [0.05, 0.1) is 5.41 Å². The number of likely N-dealkylation sites (tertiary alicyclic amines) is 2. The van der Waals surface area contributed by atoms with Crippen molar-refractivity contribution in [3.05, 3.63) is 30.1 Å². The molecule has 0 N–H and O–H groups in total. The summed E-state index contributed by atoms with van der Waals surface area (Å²) in [5.41, 5.74) is 1.06. The lowest BCUT2D eigenvalue weighted by atomic mass is 9.78. The summed E-state index contributed by atoms with van der Waals surface area (Å²) in [4.78, 5) is 21.5. The summed E-state index contributed by atoms with van der Waals surface area (Å²) in [5.74, 6) is 0.365. The van der Waals surface area contributed by atoms with Gasteiger partial charge in [-0.2, -0.15) is 0 Å². The molecule has 1 amide bonds. The van der Waals surface area contributed by atoms with E-state index < -0.39 is 0 Å². The smallest absolute Gasteiger partial charge is 0.230 e. The maximum Gasteiger partial charge on any atom is 0.230 e. The van der Waals surface area contributed by atoms with Crippen molar-refractivity contribution < 1.29 is 4.79 Å². The summed E-state index contributed by atoms with van der Waals surface area (Å²) >= 11 is 0. The summed E-state index contributed by atoms with van der Waals surface area (Å²) in [5, 5.41) is 0. The van der Waals surface area contributed by atoms with Crippen LogP contribution in [0.5, 0.6) is 0 Å². The molecule has 0 aromatic carbocycles. The van der Waals surface area contributed by atoms with Gasteiger partial charge in [-0.15, -0.1) is 0 Å². The summed E-state index contributed by atoms with van der Waals surface area (Å²) in [6.45, 7) is 8.16. The quantitative estimate of drug-likeness (QED) is 0.856. The third kappa shape index (κ3) is 2.82. The molecule has 2 aliphatic rings. The van der Waals surface area contributed by atoms with Crippen LogP contribution in [0.4, 0.5) is 0 Å². The number of piperidine rings is 1. The number of nitrogens with zero attached hydrogens (tertiary/aromatic N) is 3. The first-order valence-corrected chi connectivity index (χ1v) is 8.03. The predicted octanol–water partition coefficient (Wildman–Crippen LogP) is 2.30. The summed E-state index contributed by atoms with van der Waals surface area (Å²) < 4.78 is 0. The van der Waals surface area contributed by atoms with E-state index in [2.05, 4.69) is 23.7 Å². The van der Waals surface area contributed by atoms with Crippen molar-refractivity contribution in [2.24, 2.45) is 5.41 Å². The number of carbonyl (C=O) groups excluding carboxylic acids is 1. The molecule has 0 aliphatic carbocycles. The molecule has 1 aromatic rings. The molecule has 0 radical (unpaired) electrons. The van der Waals surface area contributed by atoms with E-state index in [9.17, 15) is 4.79 Å². The van der Waals surface area contributed by atoms with E-state index in [1.165, 1.54) is 5.56 Å². The normalized spacial score (nSPS) is 27.0. The van der Waals surface area contributed by atoms with E-state index in [1.807, 2.05) is 17.0 Å². The van der Waals surface area contributed by atoms with Crippen molar-refractivity contribution >= 4 is 5.91 Å². The van der Waals surface area contributed by atoms with Crippen LogP contribution < -0.4 is 0 Å². The number of hydrogen-bond acceptors (Lipinski definition) is 3. The average Bonchev–Trinajstić information content (AvgIpc) is 2.78. The maximum atomic E-state index is 12.9. The lowest BCUT2D eigenvalue weighted by Crippen LogP contribution is -2.49. The third-order valence-electron chi connectivity index (χ3n) is 5.06. The molecule has 0 bridgehead atoms. The van der Waals surface area contributed by atoms with Crippen LogP contribution in [0.25, 0.3) is 0 Å². The van der Waals surface area contributed by atoms with Gasteiger partial charge >= 0.3 is 0 Å². The van der Waals surface area contributed by atoms with Gasteiger partial charge in [0.15, 0.2) is 0 Å². The molecule has 0 unspecified atom stereocenters. The summed E-state index contributed by atoms with van der Waals surface area (Å²) in [7, 11) is 0. The Balaban J connectivity index is 1.71. The average molecular weight is 287 g/mol. The maximum absolute atomic E-state index is 12.9. The third-order valence-corrected chi connectivity index (χ3v) is 5.06. The highest BCUT2D eigenvalue weighted by Gasteiger charge is 2.48. The Morgan fingerprint density at radius 1 is 1.24 bits per heavy atom. The zero-order chi connectivity index (χ0) is 14.9. The van der Waals surface area contributed by atoms with Crippen LogP contribution in [0.2, 0.25) is 0 Å².